The van der Waals surface area contributed by atoms with E-state index in [4.69, 9.17) is 4.74 Å². The van der Waals surface area contributed by atoms with Crippen LogP contribution in [0.1, 0.15) is 36.8 Å². The SMILES string of the molecule is COc1ccc(S(=O)(=O)N2CCCCC2CCNC(=O)C(=O)Nc2c(C)cccc2C)cc1. The van der Waals surface area contributed by atoms with Gasteiger partial charge in [-0.3, -0.25) is 9.59 Å². The second-order valence-corrected chi connectivity index (χ2v) is 10.1. The zero-order chi connectivity index (χ0) is 24.0. The highest BCUT2D eigenvalue weighted by Crippen LogP contribution is 2.28. The number of rotatable bonds is 7. The molecule has 1 atom stereocenters. The summed E-state index contributed by atoms with van der Waals surface area (Å²) in [5.74, 6) is -0.886. The Morgan fingerprint density at radius 1 is 1.03 bits per heavy atom. The van der Waals surface area contributed by atoms with Crippen LogP contribution >= 0.6 is 0 Å². The number of hydrogen-bond donors (Lipinski definition) is 2. The molecule has 33 heavy (non-hydrogen) atoms. The second-order valence-electron chi connectivity index (χ2n) is 8.21. The van der Waals surface area contributed by atoms with Crippen molar-refractivity contribution in [2.45, 2.75) is 50.5 Å². The topological polar surface area (TPSA) is 105 Å². The molecule has 2 aromatic carbocycles. The summed E-state index contributed by atoms with van der Waals surface area (Å²) < 4.78 is 33.0. The first-order valence-electron chi connectivity index (χ1n) is 11.1. The molecule has 1 fully saturated rings. The number of piperidine rings is 1. The third-order valence-corrected chi connectivity index (χ3v) is 7.89. The number of para-hydroxylation sites is 1. The van der Waals surface area contributed by atoms with Gasteiger partial charge in [0.25, 0.3) is 0 Å². The van der Waals surface area contributed by atoms with E-state index in [2.05, 4.69) is 10.6 Å². The van der Waals surface area contributed by atoms with E-state index in [1.165, 1.54) is 11.4 Å². The summed E-state index contributed by atoms with van der Waals surface area (Å²) in [6.07, 6.45) is 2.84. The van der Waals surface area contributed by atoms with Crippen LogP contribution in [0.4, 0.5) is 5.69 Å². The van der Waals surface area contributed by atoms with Crippen molar-refractivity contribution in [2.24, 2.45) is 0 Å². The van der Waals surface area contributed by atoms with Gasteiger partial charge < -0.3 is 15.4 Å². The van der Waals surface area contributed by atoms with Gasteiger partial charge in [0.1, 0.15) is 5.75 Å². The molecule has 2 aromatic rings. The van der Waals surface area contributed by atoms with Crippen molar-refractivity contribution in [3.8, 4) is 5.75 Å². The van der Waals surface area contributed by atoms with E-state index < -0.39 is 21.8 Å². The lowest BCUT2D eigenvalue weighted by molar-refractivity contribution is -0.136. The van der Waals surface area contributed by atoms with Crippen molar-refractivity contribution in [3.05, 3.63) is 53.6 Å². The molecule has 1 unspecified atom stereocenters. The quantitative estimate of drug-likeness (QED) is 0.602. The van der Waals surface area contributed by atoms with Crippen LogP contribution in [0.15, 0.2) is 47.4 Å². The molecule has 1 aliphatic rings. The minimum atomic E-state index is -3.67. The number of benzene rings is 2. The van der Waals surface area contributed by atoms with Crippen LogP contribution in [-0.2, 0) is 19.6 Å². The Kier molecular flexibility index (Phi) is 8.10. The maximum atomic E-state index is 13.2. The van der Waals surface area contributed by atoms with E-state index in [0.29, 0.717) is 30.8 Å². The monoisotopic (exact) mass is 473 g/mol. The number of nitrogens with zero attached hydrogens (tertiary/aromatic N) is 1. The lowest BCUT2D eigenvalue weighted by Gasteiger charge is -2.34. The Hall–Kier alpha value is -2.91. The van der Waals surface area contributed by atoms with Gasteiger partial charge in [-0.15, -0.1) is 0 Å². The van der Waals surface area contributed by atoms with Crippen molar-refractivity contribution >= 4 is 27.5 Å². The van der Waals surface area contributed by atoms with E-state index in [1.807, 2.05) is 32.0 Å². The van der Waals surface area contributed by atoms with Crippen molar-refractivity contribution < 1.29 is 22.7 Å². The number of methoxy groups -OCH3 is 1. The molecule has 0 bridgehead atoms. The first kappa shape index (κ1) is 24.7. The summed E-state index contributed by atoms with van der Waals surface area (Å²) in [6.45, 7) is 4.36. The molecule has 0 aliphatic carbocycles. The Balaban J connectivity index is 1.59. The highest BCUT2D eigenvalue weighted by atomic mass is 32.2. The van der Waals surface area contributed by atoms with Gasteiger partial charge in [-0.25, -0.2) is 8.42 Å². The van der Waals surface area contributed by atoms with Gasteiger partial charge in [0, 0.05) is 24.8 Å². The average Bonchev–Trinajstić information content (AvgIpc) is 2.81. The Labute approximate surface area is 195 Å². The summed E-state index contributed by atoms with van der Waals surface area (Å²) in [5, 5.41) is 5.29. The largest absolute Gasteiger partial charge is 0.497 e. The lowest BCUT2D eigenvalue weighted by Crippen LogP contribution is -2.45. The number of anilines is 1. The molecule has 8 nitrogen and oxygen atoms in total. The summed E-state index contributed by atoms with van der Waals surface area (Å²) in [4.78, 5) is 24.8. The molecule has 2 amide bonds. The number of ether oxygens (including phenoxy) is 1. The first-order valence-corrected chi connectivity index (χ1v) is 12.5. The third-order valence-electron chi connectivity index (χ3n) is 5.93. The van der Waals surface area contributed by atoms with E-state index in [-0.39, 0.29) is 17.5 Å². The summed E-state index contributed by atoms with van der Waals surface area (Å²) in [7, 11) is -2.14. The van der Waals surface area contributed by atoms with Gasteiger partial charge in [0.05, 0.1) is 12.0 Å². The molecule has 0 spiro atoms. The molecule has 3 rings (SSSR count). The number of hydrogen-bond acceptors (Lipinski definition) is 5. The van der Waals surface area contributed by atoms with Gasteiger partial charge in [0.15, 0.2) is 0 Å². The minimum absolute atomic E-state index is 0.207. The molecular formula is C24H31N3O5S. The number of carbonyl (C=O) groups is 2. The normalized spacial score (nSPS) is 16.8. The average molecular weight is 474 g/mol. The molecule has 9 heteroatoms. The summed E-state index contributed by atoms with van der Waals surface area (Å²) in [6, 6.07) is 11.7. The third kappa shape index (κ3) is 5.91. The van der Waals surface area contributed by atoms with Gasteiger partial charge in [-0.2, -0.15) is 4.31 Å². The molecule has 178 valence electrons. The van der Waals surface area contributed by atoms with Gasteiger partial charge >= 0.3 is 11.8 Å². The highest BCUT2D eigenvalue weighted by Gasteiger charge is 2.33. The highest BCUT2D eigenvalue weighted by molar-refractivity contribution is 7.89. The van der Waals surface area contributed by atoms with Crippen LogP contribution in [-0.4, -0.2) is 50.8 Å². The van der Waals surface area contributed by atoms with E-state index in [1.54, 1.807) is 24.3 Å². The predicted octanol–water partition coefficient (Wildman–Crippen LogP) is 3.00. The molecule has 1 aliphatic heterocycles. The van der Waals surface area contributed by atoms with Crippen molar-refractivity contribution in [1.82, 2.24) is 9.62 Å². The zero-order valence-corrected chi connectivity index (χ0v) is 20.1. The molecule has 1 saturated heterocycles. The van der Waals surface area contributed by atoms with E-state index >= 15 is 0 Å². The first-order chi connectivity index (χ1) is 15.7. The van der Waals surface area contributed by atoms with Crippen LogP contribution in [0.2, 0.25) is 0 Å². The van der Waals surface area contributed by atoms with Gasteiger partial charge in [0.2, 0.25) is 10.0 Å². The minimum Gasteiger partial charge on any atom is -0.497 e. The molecule has 1 heterocycles. The Morgan fingerprint density at radius 3 is 2.33 bits per heavy atom. The molecular weight excluding hydrogens is 442 g/mol. The van der Waals surface area contributed by atoms with Crippen LogP contribution in [0.25, 0.3) is 0 Å². The second kappa shape index (κ2) is 10.8. The molecule has 2 N–H and O–H groups in total. The molecule has 0 aromatic heterocycles. The Bertz CT molecular complexity index is 1080. The van der Waals surface area contributed by atoms with Crippen LogP contribution in [0, 0.1) is 13.8 Å². The number of carbonyl (C=O) groups excluding carboxylic acids is 2. The van der Waals surface area contributed by atoms with Crippen LogP contribution in [0.3, 0.4) is 0 Å². The van der Waals surface area contributed by atoms with E-state index in [0.717, 1.165) is 24.0 Å². The fourth-order valence-corrected chi connectivity index (χ4v) is 5.80. The number of amides is 2. The van der Waals surface area contributed by atoms with Crippen molar-refractivity contribution in [2.75, 3.05) is 25.5 Å². The van der Waals surface area contributed by atoms with E-state index in [9.17, 15) is 18.0 Å². The maximum absolute atomic E-state index is 13.2. The smallest absolute Gasteiger partial charge is 0.313 e. The van der Waals surface area contributed by atoms with Gasteiger partial charge in [-0.05, 0) is 68.5 Å². The summed E-state index contributed by atoms with van der Waals surface area (Å²) in [5.41, 5.74) is 2.37. The van der Waals surface area contributed by atoms with Crippen LogP contribution < -0.4 is 15.4 Å². The zero-order valence-electron chi connectivity index (χ0n) is 19.3. The lowest BCUT2D eigenvalue weighted by atomic mass is 10.0. The predicted molar refractivity (Wildman–Crippen MR) is 127 cm³/mol. The molecule has 0 saturated carbocycles. The number of aryl methyl sites for hydroxylation is 2. The fraction of sp³-hybridized carbons (Fsp3) is 0.417. The van der Waals surface area contributed by atoms with Crippen molar-refractivity contribution in [1.29, 1.82) is 0 Å². The van der Waals surface area contributed by atoms with Gasteiger partial charge in [-0.1, -0.05) is 24.6 Å². The standard InChI is InChI=1S/C24H31N3O5S/c1-17-7-6-8-18(2)22(17)26-24(29)23(28)25-15-14-19-9-4-5-16-27(19)33(30,31)21-12-10-20(32-3)11-13-21/h6-8,10-13,19H,4-5,9,14-16H2,1-3H3,(H,25,28)(H,26,29). The summed E-state index contributed by atoms with van der Waals surface area (Å²) >= 11 is 0. The van der Waals surface area contributed by atoms with Crippen molar-refractivity contribution in [3.63, 3.8) is 0 Å². The molecule has 0 radical (unpaired) electrons. The van der Waals surface area contributed by atoms with Crippen LogP contribution in [0.5, 0.6) is 5.75 Å². The maximum Gasteiger partial charge on any atom is 0.313 e. The Morgan fingerprint density at radius 2 is 1.70 bits per heavy atom. The number of nitrogens with one attached hydrogen (secondary N) is 2. The number of sulfonamides is 1. The fourth-order valence-electron chi connectivity index (χ4n) is 4.08.